The van der Waals surface area contributed by atoms with E-state index in [4.69, 9.17) is 21.1 Å². The maximum atomic E-state index is 11.9. The highest BCUT2D eigenvalue weighted by molar-refractivity contribution is 6.32. The Bertz CT molecular complexity index is 821. The lowest BCUT2D eigenvalue weighted by atomic mass is 10.1. The van der Waals surface area contributed by atoms with Gasteiger partial charge in [-0.25, -0.2) is 5.43 Å². The summed E-state index contributed by atoms with van der Waals surface area (Å²) in [5, 5.41) is 13.8. The Morgan fingerprint density at radius 2 is 2.15 bits per heavy atom. The van der Waals surface area contributed by atoms with Crippen molar-refractivity contribution in [3.05, 3.63) is 65.2 Å². The Hall–Kier alpha value is -2.99. The summed E-state index contributed by atoms with van der Waals surface area (Å²) in [6, 6.07) is 10.4. The minimum atomic E-state index is -0.442. The van der Waals surface area contributed by atoms with Crippen molar-refractivity contribution in [3.8, 4) is 17.2 Å². The standard InChI is InChI=1S/C19H19ClN2O4/c1-3-6-13-7-4-5-8-17(13)26-12-18(23)22-21-11-14-9-15(25-2)10-16(20)19(14)24/h3-5,7-11,24H,1,6,12H2,2H3,(H,22,23)/b21-11+. The van der Waals surface area contributed by atoms with E-state index in [-0.39, 0.29) is 17.4 Å². The van der Waals surface area contributed by atoms with Gasteiger partial charge >= 0.3 is 0 Å². The van der Waals surface area contributed by atoms with Crippen LogP contribution in [0, 0.1) is 0 Å². The first-order valence-electron chi connectivity index (χ1n) is 7.75. The molecule has 0 aliphatic heterocycles. The molecule has 0 fully saturated rings. The molecule has 0 atom stereocenters. The maximum Gasteiger partial charge on any atom is 0.277 e. The molecule has 6 nitrogen and oxygen atoms in total. The van der Waals surface area contributed by atoms with Gasteiger partial charge in [0.15, 0.2) is 6.61 Å². The second kappa shape index (κ2) is 9.48. The number of aromatic hydroxyl groups is 1. The fourth-order valence-corrected chi connectivity index (χ4v) is 2.35. The Kier molecular flexibility index (Phi) is 7.05. The molecule has 2 rings (SSSR count). The number of amides is 1. The molecule has 0 aromatic heterocycles. The molecular formula is C19H19ClN2O4. The van der Waals surface area contributed by atoms with Crippen molar-refractivity contribution in [2.24, 2.45) is 5.10 Å². The number of methoxy groups -OCH3 is 1. The van der Waals surface area contributed by atoms with Gasteiger partial charge in [-0.05, 0) is 24.1 Å². The third-order valence-corrected chi connectivity index (χ3v) is 3.68. The number of hydrogen-bond acceptors (Lipinski definition) is 5. The van der Waals surface area contributed by atoms with Crippen LogP contribution in [-0.4, -0.2) is 30.9 Å². The quantitative estimate of drug-likeness (QED) is 0.422. The van der Waals surface area contributed by atoms with Crippen LogP contribution in [0.5, 0.6) is 17.2 Å². The smallest absolute Gasteiger partial charge is 0.277 e. The summed E-state index contributed by atoms with van der Waals surface area (Å²) in [5.41, 5.74) is 3.58. The molecule has 0 aliphatic rings. The van der Waals surface area contributed by atoms with Crippen LogP contribution in [0.4, 0.5) is 0 Å². The lowest BCUT2D eigenvalue weighted by molar-refractivity contribution is -0.123. The van der Waals surface area contributed by atoms with Gasteiger partial charge in [0.05, 0.1) is 18.3 Å². The summed E-state index contributed by atoms with van der Waals surface area (Å²) in [6.07, 6.45) is 3.68. The molecular weight excluding hydrogens is 356 g/mol. The summed E-state index contributed by atoms with van der Waals surface area (Å²) in [6.45, 7) is 3.50. The number of hydrazone groups is 1. The summed E-state index contributed by atoms with van der Waals surface area (Å²) >= 11 is 5.89. The van der Waals surface area contributed by atoms with Gasteiger partial charge in [-0.15, -0.1) is 6.58 Å². The molecule has 2 N–H and O–H groups in total. The number of carbonyl (C=O) groups excluding carboxylic acids is 1. The number of halogens is 1. The fraction of sp³-hybridized carbons (Fsp3) is 0.158. The van der Waals surface area contributed by atoms with Gasteiger partial charge in [0.2, 0.25) is 0 Å². The number of phenolic OH excluding ortho intramolecular Hbond substituents is 1. The third-order valence-electron chi connectivity index (χ3n) is 3.39. The van der Waals surface area contributed by atoms with Crippen molar-refractivity contribution in [2.45, 2.75) is 6.42 Å². The van der Waals surface area contributed by atoms with Gasteiger partial charge < -0.3 is 14.6 Å². The number of para-hydroxylation sites is 1. The number of hydrogen-bond donors (Lipinski definition) is 2. The molecule has 2 aromatic rings. The molecule has 7 heteroatoms. The molecule has 0 heterocycles. The number of benzene rings is 2. The van der Waals surface area contributed by atoms with Crippen LogP contribution in [0.1, 0.15) is 11.1 Å². The van der Waals surface area contributed by atoms with E-state index in [1.807, 2.05) is 18.2 Å². The largest absolute Gasteiger partial charge is 0.506 e. The molecule has 0 saturated heterocycles. The lowest BCUT2D eigenvalue weighted by Crippen LogP contribution is -2.24. The van der Waals surface area contributed by atoms with Gasteiger partial charge in [-0.3, -0.25) is 4.79 Å². The van der Waals surface area contributed by atoms with Gasteiger partial charge in [0.1, 0.15) is 17.2 Å². The Labute approximate surface area is 156 Å². The number of rotatable bonds is 8. The second-order valence-electron chi connectivity index (χ2n) is 5.23. The molecule has 0 saturated carbocycles. The van der Waals surface area contributed by atoms with E-state index in [1.165, 1.54) is 19.4 Å². The molecule has 1 amide bonds. The highest BCUT2D eigenvalue weighted by atomic mass is 35.5. The van der Waals surface area contributed by atoms with E-state index in [0.717, 1.165) is 5.56 Å². The van der Waals surface area contributed by atoms with E-state index in [9.17, 15) is 9.90 Å². The highest BCUT2D eigenvalue weighted by Gasteiger charge is 2.08. The van der Waals surface area contributed by atoms with E-state index in [1.54, 1.807) is 18.2 Å². The topological polar surface area (TPSA) is 80.2 Å². The summed E-state index contributed by atoms with van der Waals surface area (Å²) in [5.74, 6) is 0.481. The zero-order valence-electron chi connectivity index (χ0n) is 14.2. The Morgan fingerprint density at radius 1 is 1.38 bits per heavy atom. The van der Waals surface area contributed by atoms with E-state index >= 15 is 0 Å². The van der Waals surface area contributed by atoms with E-state index < -0.39 is 5.91 Å². The third kappa shape index (κ3) is 5.26. The van der Waals surface area contributed by atoms with Gasteiger partial charge in [-0.2, -0.15) is 5.10 Å². The molecule has 0 spiro atoms. The van der Waals surface area contributed by atoms with Crippen molar-refractivity contribution < 1.29 is 19.4 Å². The van der Waals surface area contributed by atoms with Gasteiger partial charge in [0, 0.05) is 11.6 Å². The van der Waals surface area contributed by atoms with Crippen molar-refractivity contribution in [3.63, 3.8) is 0 Å². The number of ether oxygens (including phenoxy) is 2. The molecule has 0 radical (unpaired) electrons. The van der Waals surface area contributed by atoms with E-state index in [2.05, 4.69) is 17.1 Å². The normalized spacial score (nSPS) is 10.5. The van der Waals surface area contributed by atoms with Crippen LogP contribution in [0.2, 0.25) is 5.02 Å². The first kappa shape index (κ1) is 19.3. The first-order valence-corrected chi connectivity index (χ1v) is 8.13. The summed E-state index contributed by atoms with van der Waals surface area (Å²) in [7, 11) is 1.48. The summed E-state index contributed by atoms with van der Waals surface area (Å²) < 4.78 is 10.6. The maximum absolute atomic E-state index is 11.9. The molecule has 136 valence electrons. The molecule has 0 aliphatic carbocycles. The average Bonchev–Trinajstić information content (AvgIpc) is 2.64. The molecule has 26 heavy (non-hydrogen) atoms. The van der Waals surface area contributed by atoms with Crippen molar-refractivity contribution >= 4 is 23.7 Å². The lowest BCUT2D eigenvalue weighted by Gasteiger charge is -2.09. The van der Waals surface area contributed by atoms with Crippen molar-refractivity contribution in [1.82, 2.24) is 5.43 Å². The minimum Gasteiger partial charge on any atom is -0.506 e. The van der Waals surface area contributed by atoms with Crippen LogP contribution >= 0.6 is 11.6 Å². The van der Waals surface area contributed by atoms with Crippen LogP contribution in [0.25, 0.3) is 0 Å². The van der Waals surface area contributed by atoms with Gasteiger partial charge in [0.25, 0.3) is 5.91 Å². The number of nitrogens with one attached hydrogen (secondary N) is 1. The minimum absolute atomic E-state index is 0.124. The molecule has 2 aromatic carbocycles. The zero-order chi connectivity index (χ0) is 18.9. The first-order chi connectivity index (χ1) is 12.5. The number of nitrogens with zero attached hydrogens (tertiary/aromatic N) is 1. The molecule has 0 bridgehead atoms. The SMILES string of the molecule is C=CCc1ccccc1OCC(=O)N/N=C/c1cc(OC)cc(Cl)c1O. The van der Waals surface area contributed by atoms with Crippen LogP contribution in [0.3, 0.4) is 0 Å². The monoisotopic (exact) mass is 374 g/mol. The predicted octanol–water partition coefficient (Wildman–Crippen LogP) is 3.31. The van der Waals surface area contributed by atoms with Gasteiger partial charge in [-0.1, -0.05) is 35.9 Å². The number of phenols is 1. The Balaban J connectivity index is 1.94. The van der Waals surface area contributed by atoms with Crippen molar-refractivity contribution in [1.29, 1.82) is 0 Å². The zero-order valence-corrected chi connectivity index (χ0v) is 15.0. The Morgan fingerprint density at radius 3 is 2.88 bits per heavy atom. The van der Waals surface area contributed by atoms with Crippen molar-refractivity contribution in [2.75, 3.05) is 13.7 Å². The highest BCUT2D eigenvalue weighted by Crippen LogP contribution is 2.31. The van der Waals surface area contributed by atoms with Crippen LogP contribution < -0.4 is 14.9 Å². The van der Waals surface area contributed by atoms with E-state index in [0.29, 0.717) is 23.5 Å². The fourth-order valence-electron chi connectivity index (χ4n) is 2.13. The average molecular weight is 375 g/mol. The predicted molar refractivity (Wildman–Crippen MR) is 101 cm³/mol. The van der Waals surface area contributed by atoms with Crippen LogP contribution in [0.15, 0.2) is 54.2 Å². The van der Waals surface area contributed by atoms with Crippen LogP contribution in [-0.2, 0) is 11.2 Å². The second-order valence-corrected chi connectivity index (χ2v) is 5.64. The number of carbonyl (C=O) groups is 1. The number of allylic oxidation sites excluding steroid dienone is 1. The summed E-state index contributed by atoms with van der Waals surface area (Å²) in [4.78, 5) is 11.9. The molecule has 0 unspecified atom stereocenters.